The average molecular weight is 535 g/mol. The van der Waals surface area contributed by atoms with Crippen molar-refractivity contribution in [3.8, 4) is 35.8 Å². The Kier molecular flexibility index (Phi) is 5.46. The predicted molar refractivity (Wildman–Crippen MR) is 171 cm³/mol. The SMILES string of the molecule is C(#Cc1c2ccccc2cn1C#Cc1c2ccccc2cn1C#Cc1[nH]cc2ccccc12)c1[nH]cc2ccccc12. The van der Waals surface area contributed by atoms with Crippen LogP contribution in [0.5, 0.6) is 0 Å². The van der Waals surface area contributed by atoms with Gasteiger partial charge in [0.25, 0.3) is 0 Å². The minimum Gasteiger partial charge on any atom is -0.354 e. The maximum absolute atomic E-state index is 3.43. The zero-order valence-electron chi connectivity index (χ0n) is 22.4. The summed E-state index contributed by atoms with van der Waals surface area (Å²) in [6, 6.07) is 39.7. The topological polar surface area (TPSA) is 41.4 Å². The summed E-state index contributed by atoms with van der Waals surface area (Å²) in [5.74, 6) is 13.5. The van der Waals surface area contributed by atoms with E-state index in [9.17, 15) is 0 Å². The van der Waals surface area contributed by atoms with Gasteiger partial charge in [0.2, 0.25) is 0 Å². The van der Waals surface area contributed by atoms with Gasteiger partial charge in [0.15, 0.2) is 0 Å². The second kappa shape index (κ2) is 9.72. The van der Waals surface area contributed by atoms with Crippen LogP contribution < -0.4 is 0 Å². The Labute approximate surface area is 242 Å². The number of nitrogens with one attached hydrogen (secondary N) is 2. The minimum atomic E-state index is 0.834. The fraction of sp³-hybridized carbons (Fsp3) is 0. The third-order valence-electron chi connectivity index (χ3n) is 7.56. The van der Waals surface area contributed by atoms with Crippen LogP contribution in [0.1, 0.15) is 22.8 Å². The molecule has 42 heavy (non-hydrogen) atoms. The van der Waals surface area contributed by atoms with E-state index in [2.05, 4.69) is 94.3 Å². The predicted octanol–water partition coefficient (Wildman–Crippen LogP) is 7.67. The van der Waals surface area contributed by atoms with Gasteiger partial charge >= 0.3 is 0 Å². The quantitative estimate of drug-likeness (QED) is 0.188. The molecule has 0 saturated carbocycles. The van der Waals surface area contributed by atoms with Crippen molar-refractivity contribution >= 4 is 43.1 Å². The Morgan fingerprint density at radius 3 is 1.40 bits per heavy atom. The van der Waals surface area contributed by atoms with Crippen molar-refractivity contribution in [3.05, 3.63) is 145 Å². The van der Waals surface area contributed by atoms with Crippen LogP contribution in [0.4, 0.5) is 0 Å². The molecule has 0 spiro atoms. The molecule has 0 radical (unpaired) electrons. The third-order valence-corrected chi connectivity index (χ3v) is 7.56. The molecule has 2 N–H and O–H groups in total. The van der Waals surface area contributed by atoms with Crippen LogP contribution in [0.25, 0.3) is 43.1 Å². The van der Waals surface area contributed by atoms with Crippen LogP contribution in [0.15, 0.2) is 122 Å². The molecule has 4 aromatic heterocycles. The van der Waals surface area contributed by atoms with Crippen molar-refractivity contribution in [3.63, 3.8) is 0 Å². The highest BCUT2D eigenvalue weighted by Crippen LogP contribution is 2.23. The first-order valence-electron chi connectivity index (χ1n) is 13.7. The Bertz CT molecular complexity index is 2490. The van der Waals surface area contributed by atoms with E-state index in [1.807, 2.05) is 82.5 Å². The van der Waals surface area contributed by atoms with Crippen LogP contribution in [-0.4, -0.2) is 19.1 Å². The number of fused-ring (bicyclic) bond motifs is 4. The molecule has 0 aliphatic rings. The molecule has 4 aromatic carbocycles. The number of H-pyrrole nitrogens is 2. The molecule has 0 saturated heterocycles. The molecular weight excluding hydrogens is 512 g/mol. The highest BCUT2D eigenvalue weighted by atomic mass is 15.0. The summed E-state index contributed by atoms with van der Waals surface area (Å²) >= 11 is 0. The number of aromatic nitrogens is 4. The molecule has 194 valence electrons. The van der Waals surface area contributed by atoms with Gasteiger partial charge in [0.1, 0.15) is 11.4 Å². The van der Waals surface area contributed by atoms with Gasteiger partial charge in [-0.15, -0.1) is 0 Å². The molecule has 8 rings (SSSR count). The van der Waals surface area contributed by atoms with Crippen LogP contribution in [0.3, 0.4) is 0 Å². The lowest BCUT2D eigenvalue weighted by molar-refractivity contribution is 1.10. The lowest BCUT2D eigenvalue weighted by atomic mass is 10.1. The molecular formula is C38H22N4. The third kappa shape index (κ3) is 4.02. The number of benzene rings is 4. The number of nitrogens with zero attached hydrogens (tertiary/aromatic N) is 2. The zero-order chi connectivity index (χ0) is 27.9. The Hall–Kier alpha value is -6.28. The van der Waals surface area contributed by atoms with Gasteiger partial charge in [0.05, 0.1) is 11.4 Å². The standard InChI is InChI=1S/C38H22N4/c1-5-13-31-27(9-1)23-39-35(31)17-18-37-33-15-7-3-11-29(33)26-42(37)22-20-38-34-16-8-4-12-30(34)25-41(38)21-19-36-32-14-6-2-10-28(32)24-40-36/h1-16,23-26,39-40H. The Morgan fingerprint density at radius 2 is 0.833 bits per heavy atom. The first kappa shape index (κ1) is 23.6. The van der Waals surface area contributed by atoms with E-state index >= 15 is 0 Å². The van der Waals surface area contributed by atoms with Crippen molar-refractivity contribution in [2.75, 3.05) is 0 Å². The number of hydrogen-bond donors (Lipinski definition) is 2. The summed E-state index contributed by atoms with van der Waals surface area (Å²) in [6.45, 7) is 0. The van der Waals surface area contributed by atoms with Gasteiger partial charge in [-0.2, -0.15) is 0 Å². The number of aromatic amines is 2. The molecule has 0 aliphatic carbocycles. The molecule has 0 aliphatic heterocycles. The maximum Gasteiger partial charge on any atom is 0.114 e. The average Bonchev–Trinajstić information content (AvgIpc) is 3.80. The lowest BCUT2D eigenvalue weighted by Gasteiger charge is -1.97. The lowest BCUT2D eigenvalue weighted by Crippen LogP contribution is -1.94. The van der Waals surface area contributed by atoms with Gasteiger partial charge in [0, 0.05) is 80.0 Å². The molecule has 0 amide bonds. The first-order valence-corrected chi connectivity index (χ1v) is 13.7. The van der Waals surface area contributed by atoms with Crippen molar-refractivity contribution in [1.29, 1.82) is 0 Å². The molecule has 8 aromatic rings. The van der Waals surface area contributed by atoms with E-state index in [1.165, 1.54) is 0 Å². The van der Waals surface area contributed by atoms with Crippen LogP contribution in [0.2, 0.25) is 0 Å². The van der Waals surface area contributed by atoms with Crippen molar-refractivity contribution in [1.82, 2.24) is 19.1 Å². The molecule has 4 heteroatoms. The summed E-state index contributed by atoms with van der Waals surface area (Å²) in [7, 11) is 0. The van der Waals surface area contributed by atoms with E-state index < -0.39 is 0 Å². The summed E-state index contributed by atoms with van der Waals surface area (Å²) < 4.78 is 3.85. The Balaban J connectivity index is 1.26. The van der Waals surface area contributed by atoms with E-state index in [0.29, 0.717) is 0 Å². The van der Waals surface area contributed by atoms with Crippen molar-refractivity contribution in [2.24, 2.45) is 0 Å². The van der Waals surface area contributed by atoms with Gasteiger partial charge < -0.3 is 9.97 Å². The fourth-order valence-corrected chi connectivity index (χ4v) is 5.46. The molecule has 0 unspecified atom stereocenters. The molecule has 4 nitrogen and oxygen atoms in total. The number of rotatable bonds is 0. The zero-order valence-corrected chi connectivity index (χ0v) is 22.4. The van der Waals surface area contributed by atoms with Gasteiger partial charge in [-0.3, -0.25) is 9.13 Å². The summed E-state index contributed by atoms with van der Waals surface area (Å²) in [6.07, 6.45) is 8.07. The van der Waals surface area contributed by atoms with Crippen molar-refractivity contribution in [2.45, 2.75) is 0 Å². The normalized spacial score (nSPS) is 10.8. The highest BCUT2D eigenvalue weighted by molar-refractivity contribution is 5.92. The summed E-state index contributed by atoms with van der Waals surface area (Å²) in [5.41, 5.74) is 3.46. The van der Waals surface area contributed by atoms with E-state index in [-0.39, 0.29) is 0 Å². The van der Waals surface area contributed by atoms with E-state index in [0.717, 1.165) is 65.9 Å². The summed E-state index contributed by atoms with van der Waals surface area (Å²) in [5, 5.41) is 8.78. The molecule has 0 fully saturated rings. The van der Waals surface area contributed by atoms with E-state index in [4.69, 9.17) is 0 Å². The fourth-order valence-electron chi connectivity index (χ4n) is 5.46. The second-order valence-electron chi connectivity index (χ2n) is 10.1. The first-order chi connectivity index (χ1) is 20.8. The van der Waals surface area contributed by atoms with Crippen molar-refractivity contribution < 1.29 is 0 Å². The van der Waals surface area contributed by atoms with Crippen LogP contribution in [0, 0.1) is 35.8 Å². The number of hydrogen-bond acceptors (Lipinski definition) is 0. The van der Waals surface area contributed by atoms with Gasteiger partial charge in [-0.25, -0.2) is 0 Å². The molecule has 4 heterocycles. The molecule has 0 atom stereocenters. The monoisotopic (exact) mass is 534 g/mol. The smallest absolute Gasteiger partial charge is 0.114 e. The van der Waals surface area contributed by atoms with Crippen LogP contribution >= 0.6 is 0 Å². The minimum absolute atomic E-state index is 0.834. The Morgan fingerprint density at radius 1 is 0.405 bits per heavy atom. The van der Waals surface area contributed by atoms with E-state index in [1.54, 1.807) is 0 Å². The highest BCUT2D eigenvalue weighted by Gasteiger charge is 2.09. The van der Waals surface area contributed by atoms with Gasteiger partial charge in [-0.1, -0.05) is 97.1 Å². The second-order valence-corrected chi connectivity index (χ2v) is 10.1. The molecule has 0 bridgehead atoms. The van der Waals surface area contributed by atoms with Crippen LogP contribution in [-0.2, 0) is 0 Å². The summed E-state index contributed by atoms with van der Waals surface area (Å²) in [4.78, 5) is 6.63. The van der Waals surface area contributed by atoms with Gasteiger partial charge in [-0.05, 0) is 23.7 Å². The maximum atomic E-state index is 3.43. The largest absolute Gasteiger partial charge is 0.354 e.